The van der Waals surface area contributed by atoms with E-state index in [9.17, 15) is 0 Å². The van der Waals surface area contributed by atoms with E-state index in [2.05, 4.69) is 27.1 Å². The van der Waals surface area contributed by atoms with E-state index in [1.54, 1.807) is 28.7 Å². The smallest absolute Gasteiger partial charge is 0.107 e. The van der Waals surface area contributed by atoms with Crippen LogP contribution < -0.4 is 5.32 Å². The Balaban J connectivity index is 1.49. The monoisotopic (exact) mass is 368 g/mol. The zero-order chi connectivity index (χ0) is 15.4. The van der Waals surface area contributed by atoms with Crippen LogP contribution in [0.5, 0.6) is 0 Å². The molecule has 6 heteroatoms. The van der Waals surface area contributed by atoms with Crippen molar-refractivity contribution in [1.82, 2.24) is 10.3 Å². The molecule has 2 heterocycles. The van der Waals surface area contributed by atoms with Gasteiger partial charge in [0.05, 0.1) is 4.88 Å². The molecule has 0 aliphatic rings. The minimum Gasteiger partial charge on any atom is -0.310 e. The highest BCUT2D eigenvalue weighted by Crippen LogP contribution is 2.27. The van der Waals surface area contributed by atoms with Gasteiger partial charge in [0.25, 0.3) is 0 Å². The lowest BCUT2D eigenvalue weighted by molar-refractivity contribution is 0.684. The first-order valence-electron chi connectivity index (χ1n) is 6.84. The molecule has 1 aromatic carbocycles. The summed E-state index contributed by atoms with van der Waals surface area (Å²) in [5, 5.41) is 10.1. The number of aromatic nitrogens is 1. The molecule has 0 aliphatic carbocycles. The molecule has 22 heavy (non-hydrogen) atoms. The highest BCUT2D eigenvalue weighted by Gasteiger charge is 2.05. The van der Waals surface area contributed by atoms with Gasteiger partial charge in [-0.05, 0) is 47.5 Å². The normalized spacial score (nSPS) is 11.0. The van der Waals surface area contributed by atoms with Gasteiger partial charge in [-0.25, -0.2) is 4.98 Å². The van der Waals surface area contributed by atoms with Crippen molar-refractivity contribution in [2.24, 2.45) is 0 Å². The number of thiazole rings is 1. The Morgan fingerprint density at radius 3 is 2.86 bits per heavy atom. The van der Waals surface area contributed by atoms with Gasteiger partial charge in [-0.15, -0.1) is 11.3 Å². The van der Waals surface area contributed by atoms with E-state index < -0.39 is 0 Å². The minimum atomic E-state index is 0.672. The fraction of sp³-hybridized carbons (Fsp3) is 0.188. The van der Waals surface area contributed by atoms with Gasteiger partial charge in [0.15, 0.2) is 0 Å². The quantitative estimate of drug-likeness (QED) is 0.580. The van der Waals surface area contributed by atoms with Crippen molar-refractivity contribution >= 4 is 45.9 Å². The molecule has 2 nitrogen and oxygen atoms in total. The SMILES string of the molecule is Clc1ccc(CCNCc2ncc(-c3ccsc3)s2)c(Cl)c1. The molecule has 3 rings (SSSR count). The lowest BCUT2D eigenvalue weighted by Crippen LogP contribution is -2.16. The van der Waals surface area contributed by atoms with Crippen molar-refractivity contribution in [3.63, 3.8) is 0 Å². The second-order valence-electron chi connectivity index (χ2n) is 4.79. The van der Waals surface area contributed by atoms with E-state index >= 15 is 0 Å². The van der Waals surface area contributed by atoms with Crippen LogP contribution in [0.2, 0.25) is 10.0 Å². The second kappa shape index (κ2) is 7.57. The van der Waals surface area contributed by atoms with Gasteiger partial charge < -0.3 is 5.32 Å². The number of thiophene rings is 1. The summed E-state index contributed by atoms with van der Waals surface area (Å²) in [6.45, 7) is 1.63. The highest BCUT2D eigenvalue weighted by atomic mass is 35.5. The third kappa shape index (κ3) is 4.09. The summed E-state index contributed by atoms with van der Waals surface area (Å²) in [6.07, 6.45) is 2.82. The number of rotatable bonds is 6. The zero-order valence-electron chi connectivity index (χ0n) is 11.7. The molecule has 114 valence electrons. The van der Waals surface area contributed by atoms with Crippen LogP contribution in [0.1, 0.15) is 10.6 Å². The molecule has 2 aromatic heterocycles. The molecule has 1 N–H and O–H groups in total. The van der Waals surface area contributed by atoms with Crippen molar-refractivity contribution in [3.8, 4) is 10.4 Å². The molecule has 0 spiro atoms. The average Bonchev–Trinajstić information content (AvgIpc) is 3.16. The lowest BCUT2D eigenvalue weighted by atomic mass is 10.1. The Bertz CT molecular complexity index is 738. The van der Waals surface area contributed by atoms with Gasteiger partial charge in [-0.3, -0.25) is 0 Å². The number of hydrogen-bond donors (Lipinski definition) is 1. The van der Waals surface area contributed by atoms with Crippen molar-refractivity contribution in [1.29, 1.82) is 0 Å². The minimum absolute atomic E-state index is 0.672. The van der Waals surface area contributed by atoms with Crippen molar-refractivity contribution in [3.05, 3.63) is 61.8 Å². The van der Waals surface area contributed by atoms with Crippen LogP contribution in [0.15, 0.2) is 41.2 Å². The maximum absolute atomic E-state index is 6.16. The Morgan fingerprint density at radius 2 is 2.09 bits per heavy atom. The molecule has 0 saturated carbocycles. The van der Waals surface area contributed by atoms with Crippen molar-refractivity contribution in [2.75, 3.05) is 6.54 Å². The van der Waals surface area contributed by atoms with Crippen molar-refractivity contribution in [2.45, 2.75) is 13.0 Å². The molecule has 0 aliphatic heterocycles. The topological polar surface area (TPSA) is 24.9 Å². The van der Waals surface area contributed by atoms with Gasteiger partial charge in [-0.2, -0.15) is 11.3 Å². The van der Waals surface area contributed by atoms with Crippen molar-refractivity contribution < 1.29 is 0 Å². The molecule has 0 bridgehead atoms. The van der Waals surface area contributed by atoms with Crippen LogP contribution in [0.3, 0.4) is 0 Å². The summed E-state index contributed by atoms with van der Waals surface area (Å²) >= 11 is 15.5. The van der Waals surface area contributed by atoms with E-state index in [1.807, 2.05) is 18.3 Å². The largest absolute Gasteiger partial charge is 0.310 e. The van der Waals surface area contributed by atoms with E-state index in [1.165, 1.54) is 10.4 Å². The first kappa shape index (κ1) is 16.0. The fourth-order valence-corrected chi connectivity index (χ4v) is 4.19. The number of halogens is 2. The lowest BCUT2D eigenvalue weighted by Gasteiger charge is -2.05. The fourth-order valence-electron chi connectivity index (χ4n) is 2.07. The second-order valence-corrected chi connectivity index (χ2v) is 7.53. The van der Waals surface area contributed by atoms with E-state index in [0.717, 1.165) is 35.1 Å². The Kier molecular flexibility index (Phi) is 5.50. The third-order valence-electron chi connectivity index (χ3n) is 3.22. The maximum Gasteiger partial charge on any atom is 0.107 e. The summed E-state index contributed by atoms with van der Waals surface area (Å²) in [6, 6.07) is 7.76. The third-order valence-corrected chi connectivity index (χ3v) is 5.54. The zero-order valence-corrected chi connectivity index (χ0v) is 14.8. The predicted molar refractivity (Wildman–Crippen MR) is 97.3 cm³/mol. The number of hydrogen-bond acceptors (Lipinski definition) is 4. The molecule has 0 fully saturated rings. The van der Waals surface area contributed by atoms with Gasteiger partial charge in [0.2, 0.25) is 0 Å². The van der Waals surface area contributed by atoms with E-state index in [-0.39, 0.29) is 0 Å². The molecule has 0 radical (unpaired) electrons. The molecule has 0 amide bonds. The van der Waals surface area contributed by atoms with E-state index in [0.29, 0.717) is 5.02 Å². The molecule has 3 aromatic rings. The van der Waals surface area contributed by atoms with Gasteiger partial charge in [0, 0.05) is 28.4 Å². The van der Waals surface area contributed by atoms with Crippen LogP contribution in [0.25, 0.3) is 10.4 Å². The summed E-state index contributed by atoms with van der Waals surface area (Å²) in [7, 11) is 0. The average molecular weight is 369 g/mol. The molecule has 0 saturated heterocycles. The van der Waals surface area contributed by atoms with Gasteiger partial charge >= 0.3 is 0 Å². The van der Waals surface area contributed by atoms with Crippen LogP contribution in [-0.2, 0) is 13.0 Å². The summed E-state index contributed by atoms with van der Waals surface area (Å²) < 4.78 is 0. The van der Waals surface area contributed by atoms with Crippen LogP contribution in [-0.4, -0.2) is 11.5 Å². The summed E-state index contributed by atoms with van der Waals surface area (Å²) in [5.41, 5.74) is 2.36. The predicted octanol–water partition coefficient (Wildman–Crippen LogP) is 5.51. The van der Waals surface area contributed by atoms with Gasteiger partial charge in [0.1, 0.15) is 5.01 Å². The van der Waals surface area contributed by atoms with Crippen LogP contribution in [0, 0.1) is 0 Å². The Hall–Kier alpha value is -0.910. The number of nitrogens with one attached hydrogen (secondary N) is 1. The summed E-state index contributed by atoms with van der Waals surface area (Å²) in [4.78, 5) is 5.68. The van der Waals surface area contributed by atoms with Gasteiger partial charge in [-0.1, -0.05) is 29.3 Å². The number of nitrogens with zero attached hydrogens (tertiary/aromatic N) is 1. The Labute approximate surface area is 147 Å². The first-order valence-corrected chi connectivity index (χ1v) is 9.36. The highest BCUT2D eigenvalue weighted by molar-refractivity contribution is 7.15. The molecular weight excluding hydrogens is 355 g/mol. The Morgan fingerprint density at radius 1 is 1.18 bits per heavy atom. The number of benzene rings is 1. The van der Waals surface area contributed by atoms with E-state index in [4.69, 9.17) is 23.2 Å². The van der Waals surface area contributed by atoms with Crippen LogP contribution >= 0.6 is 45.9 Å². The maximum atomic E-state index is 6.16. The first-order chi connectivity index (χ1) is 10.7. The molecule has 0 unspecified atom stereocenters. The summed E-state index contributed by atoms with van der Waals surface area (Å²) in [5.74, 6) is 0. The standard InChI is InChI=1S/C16H14Cl2N2S2/c17-13-2-1-11(14(18)7-13)3-5-19-9-16-20-8-15(22-16)12-4-6-21-10-12/h1-2,4,6-8,10,19H,3,5,9H2. The molecule has 0 atom stereocenters. The molecular formula is C16H14Cl2N2S2. The van der Waals surface area contributed by atoms with Crippen LogP contribution in [0.4, 0.5) is 0 Å².